The first-order chi connectivity index (χ1) is 11.8. The first-order valence-electron chi connectivity index (χ1n) is 7.22. The van der Waals surface area contributed by atoms with Gasteiger partial charge in [0, 0.05) is 23.7 Å². The summed E-state index contributed by atoms with van der Waals surface area (Å²) in [7, 11) is 0. The van der Waals surface area contributed by atoms with Gasteiger partial charge in [0.2, 0.25) is 6.04 Å². The second-order valence-corrected chi connectivity index (χ2v) is 5.68. The zero-order chi connectivity index (χ0) is 19.9. The van der Waals surface area contributed by atoms with Gasteiger partial charge in [-0.1, -0.05) is 12.1 Å². The molecule has 0 aliphatic carbocycles. The lowest BCUT2D eigenvalue weighted by atomic mass is 9.96. The average Bonchev–Trinajstić information content (AvgIpc) is 2.51. The third kappa shape index (κ3) is 4.03. The van der Waals surface area contributed by atoms with Gasteiger partial charge in [-0.05, 0) is 17.7 Å². The number of para-hydroxylation sites is 1. The zero-order valence-corrected chi connectivity index (χ0v) is 13.1. The van der Waals surface area contributed by atoms with Crippen LogP contribution in [0.15, 0.2) is 24.3 Å². The number of aliphatic hydroxyl groups is 1. The maximum atomic E-state index is 13.1. The summed E-state index contributed by atoms with van der Waals surface area (Å²) in [6.45, 7) is 1.12. The van der Waals surface area contributed by atoms with Crippen LogP contribution in [0.5, 0.6) is 0 Å². The molecular weight excluding hydrogens is 370 g/mol. The van der Waals surface area contributed by atoms with Gasteiger partial charge in [0.15, 0.2) is 0 Å². The number of benzene rings is 1. The monoisotopic (exact) mass is 382 g/mol. The molecule has 0 saturated carbocycles. The zero-order valence-electron chi connectivity index (χ0n) is 13.1. The van der Waals surface area contributed by atoms with E-state index in [2.05, 4.69) is 4.98 Å². The molecule has 0 spiro atoms. The van der Waals surface area contributed by atoms with Crippen molar-refractivity contribution in [2.75, 3.05) is 0 Å². The minimum atomic E-state index is -5.06. The Morgan fingerprint density at radius 2 is 1.81 bits per heavy atom. The SMILES string of the molecule is CC(CC(O)c1cc(C(F)(F)F)nc2c(C(F)(F)F)cccc12)[N+](=O)[O-]. The molecule has 2 rings (SSSR count). The molecule has 11 heteroatoms. The molecule has 142 valence electrons. The number of pyridine rings is 1. The van der Waals surface area contributed by atoms with Gasteiger partial charge in [0.25, 0.3) is 0 Å². The fraction of sp³-hybridized carbons (Fsp3) is 0.400. The molecule has 1 aromatic heterocycles. The molecule has 0 aliphatic heterocycles. The smallest absolute Gasteiger partial charge is 0.388 e. The molecule has 2 aromatic rings. The molecule has 26 heavy (non-hydrogen) atoms. The molecule has 1 heterocycles. The molecule has 2 atom stereocenters. The number of nitrogens with zero attached hydrogens (tertiary/aromatic N) is 2. The van der Waals surface area contributed by atoms with Gasteiger partial charge in [0.05, 0.1) is 17.2 Å². The standard InChI is InChI=1S/C15H12F6N2O3/c1-7(23(25)26)5-11(24)9-6-12(15(19,20)21)22-13-8(9)3-2-4-10(13)14(16,17)18/h2-4,6-7,11,24H,5H2,1H3. The van der Waals surface area contributed by atoms with E-state index in [1.54, 1.807) is 0 Å². The number of hydrogen-bond donors (Lipinski definition) is 1. The molecule has 1 N–H and O–H groups in total. The lowest BCUT2D eigenvalue weighted by Crippen LogP contribution is -2.19. The molecule has 2 unspecified atom stereocenters. The van der Waals surface area contributed by atoms with Crippen LogP contribution in [0.1, 0.15) is 36.3 Å². The van der Waals surface area contributed by atoms with Crippen molar-refractivity contribution in [3.05, 3.63) is 51.2 Å². The molecule has 1 aromatic carbocycles. The Hall–Kier alpha value is -2.43. The maximum Gasteiger partial charge on any atom is 0.433 e. The fourth-order valence-corrected chi connectivity index (χ4v) is 2.46. The third-order valence-corrected chi connectivity index (χ3v) is 3.75. The topological polar surface area (TPSA) is 76.3 Å². The van der Waals surface area contributed by atoms with Crippen LogP contribution in [0.25, 0.3) is 10.9 Å². The molecule has 0 saturated heterocycles. The van der Waals surface area contributed by atoms with E-state index >= 15 is 0 Å². The van der Waals surface area contributed by atoms with Gasteiger partial charge in [0.1, 0.15) is 5.69 Å². The van der Waals surface area contributed by atoms with Crippen LogP contribution in [0.4, 0.5) is 26.3 Å². The van der Waals surface area contributed by atoms with E-state index in [9.17, 15) is 41.6 Å². The summed E-state index contributed by atoms with van der Waals surface area (Å²) >= 11 is 0. The summed E-state index contributed by atoms with van der Waals surface area (Å²) in [5.74, 6) is 0. The number of alkyl halides is 6. The van der Waals surface area contributed by atoms with Crippen molar-refractivity contribution in [1.82, 2.24) is 4.98 Å². The number of aromatic nitrogens is 1. The second-order valence-electron chi connectivity index (χ2n) is 5.68. The maximum absolute atomic E-state index is 13.1. The Balaban J connectivity index is 2.74. The van der Waals surface area contributed by atoms with E-state index in [-0.39, 0.29) is 5.39 Å². The Morgan fingerprint density at radius 3 is 2.31 bits per heavy atom. The Bertz CT molecular complexity index is 834. The highest BCUT2D eigenvalue weighted by molar-refractivity contribution is 5.86. The fourth-order valence-electron chi connectivity index (χ4n) is 2.46. The van der Waals surface area contributed by atoms with Gasteiger partial charge in [-0.15, -0.1) is 0 Å². The van der Waals surface area contributed by atoms with Gasteiger partial charge in [-0.2, -0.15) is 26.3 Å². The van der Waals surface area contributed by atoms with E-state index in [1.807, 2.05) is 0 Å². The van der Waals surface area contributed by atoms with Gasteiger partial charge in [-0.25, -0.2) is 4.98 Å². The Morgan fingerprint density at radius 1 is 1.19 bits per heavy atom. The van der Waals surface area contributed by atoms with E-state index in [0.717, 1.165) is 19.1 Å². The van der Waals surface area contributed by atoms with E-state index in [0.29, 0.717) is 12.1 Å². The molecular formula is C15H12F6N2O3. The van der Waals surface area contributed by atoms with Crippen molar-refractivity contribution in [3.8, 4) is 0 Å². The molecule has 0 radical (unpaired) electrons. The lowest BCUT2D eigenvalue weighted by Gasteiger charge is -2.18. The minimum absolute atomic E-state index is 0.351. The van der Waals surface area contributed by atoms with Crippen LogP contribution in [0.3, 0.4) is 0 Å². The van der Waals surface area contributed by atoms with Crippen molar-refractivity contribution in [2.45, 2.75) is 37.8 Å². The number of nitro groups is 1. The Labute approximate surface area is 142 Å². The van der Waals surface area contributed by atoms with Crippen LogP contribution in [0, 0.1) is 10.1 Å². The van der Waals surface area contributed by atoms with Crippen LogP contribution >= 0.6 is 0 Å². The number of aliphatic hydroxyl groups excluding tert-OH is 1. The van der Waals surface area contributed by atoms with Crippen LogP contribution in [-0.2, 0) is 12.4 Å². The summed E-state index contributed by atoms with van der Waals surface area (Å²) in [6.07, 6.45) is -12.4. The lowest BCUT2D eigenvalue weighted by molar-refractivity contribution is -0.520. The first kappa shape index (κ1) is 19.9. The highest BCUT2D eigenvalue weighted by Gasteiger charge is 2.38. The highest BCUT2D eigenvalue weighted by atomic mass is 19.4. The van der Waals surface area contributed by atoms with E-state index in [4.69, 9.17) is 0 Å². The molecule has 0 bridgehead atoms. The second kappa shape index (κ2) is 6.71. The van der Waals surface area contributed by atoms with Crippen LogP contribution in [-0.4, -0.2) is 21.1 Å². The first-order valence-corrected chi connectivity index (χ1v) is 7.22. The third-order valence-electron chi connectivity index (χ3n) is 3.75. The Kier molecular flexibility index (Phi) is 5.13. The summed E-state index contributed by atoms with van der Waals surface area (Å²) in [5, 5.41) is 20.5. The minimum Gasteiger partial charge on any atom is -0.388 e. The van der Waals surface area contributed by atoms with E-state index in [1.165, 1.54) is 0 Å². The van der Waals surface area contributed by atoms with Crippen molar-refractivity contribution in [2.24, 2.45) is 0 Å². The normalized spacial score (nSPS) is 15.1. The number of fused-ring (bicyclic) bond motifs is 1. The van der Waals surface area contributed by atoms with Crippen molar-refractivity contribution >= 4 is 10.9 Å². The van der Waals surface area contributed by atoms with Crippen molar-refractivity contribution < 1.29 is 36.4 Å². The molecule has 0 amide bonds. The number of rotatable bonds is 4. The van der Waals surface area contributed by atoms with Crippen molar-refractivity contribution in [3.63, 3.8) is 0 Å². The van der Waals surface area contributed by atoms with E-state index < -0.39 is 58.2 Å². The summed E-state index contributed by atoms with van der Waals surface area (Å²) in [6, 6.07) is 1.72. The number of hydrogen-bond acceptors (Lipinski definition) is 4. The van der Waals surface area contributed by atoms with Crippen molar-refractivity contribution in [1.29, 1.82) is 0 Å². The summed E-state index contributed by atoms with van der Waals surface area (Å²) in [4.78, 5) is 13.0. The predicted octanol–water partition coefficient (Wildman–Crippen LogP) is 4.36. The number of halogens is 6. The molecule has 5 nitrogen and oxygen atoms in total. The van der Waals surface area contributed by atoms with Crippen LogP contribution < -0.4 is 0 Å². The molecule has 0 aliphatic rings. The van der Waals surface area contributed by atoms with Gasteiger partial charge >= 0.3 is 12.4 Å². The highest BCUT2D eigenvalue weighted by Crippen LogP contribution is 2.39. The predicted molar refractivity (Wildman–Crippen MR) is 77.8 cm³/mol. The summed E-state index contributed by atoms with van der Waals surface area (Å²) < 4.78 is 78.5. The largest absolute Gasteiger partial charge is 0.433 e. The van der Waals surface area contributed by atoms with Gasteiger partial charge in [-0.3, -0.25) is 10.1 Å². The van der Waals surface area contributed by atoms with Crippen LogP contribution in [0.2, 0.25) is 0 Å². The average molecular weight is 382 g/mol. The summed E-state index contributed by atoms with van der Waals surface area (Å²) in [5.41, 5.74) is -4.49. The van der Waals surface area contributed by atoms with Gasteiger partial charge < -0.3 is 5.11 Å². The quantitative estimate of drug-likeness (QED) is 0.484. The molecule has 0 fully saturated rings.